The Morgan fingerprint density at radius 3 is 2.38 bits per heavy atom. The zero-order valence-corrected chi connectivity index (χ0v) is 12.2. The highest BCUT2D eigenvalue weighted by atomic mass is 16.2. The molecule has 4 nitrogen and oxygen atoms in total. The number of likely N-dealkylation sites (tertiary alicyclic amines) is 1. The first kappa shape index (κ1) is 12.9. The summed E-state index contributed by atoms with van der Waals surface area (Å²) in [5.74, 6) is 0.403. The van der Waals surface area contributed by atoms with Gasteiger partial charge in [0.25, 0.3) is 5.91 Å². The van der Waals surface area contributed by atoms with Crippen molar-refractivity contribution in [1.82, 2.24) is 4.90 Å². The van der Waals surface area contributed by atoms with Gasteiger partial charge in [0.05, 0.1) is 5.69 Å². The van der Waals surface area contributed by atoms with Crippen molar-refractivity contribution in [3.63, 3.8) is 0 Å². The minimum Gasteiger partial charge on any atom is -0.339 e. The third kappa shape index (κ3) is 2.04. The first-order valence-corrected chi connectivity index (χ1v) is 7.99. The molecule has 1 aromatic rings. The third-order valence-electron chi connectivity index (χ3n) is 4.94. The molecule has 4 rings (SSSR count). The molecule has 110 valence electrons. The van der Waals surface area contributed by atoms with E-state index in [-0.39, 0.29) is 11.8 Å². The summed E-state index contributed by atoms with van der Waals surface area (Å²) in [7, 11) is 0. The molecule has 0 atom stereocenters. The molecule has 1 saturated heterocycles. The maximum atomic E-state index is 12.7. The molecule has 3 aliphatic heterocycles. The third-order valence-corrected chi connectivity index (χ3v) is 4.94. The Hall–Kier alpha value is -1.84. The van der Waals surface area contributed by atoms with Crippen molar-refractivity contribution in [3.8, 4) is 0 Å². The van der Waals surface area contributed by atoms with Crippen LogP contribution < -0.4 is 4.90 Å². The normalized spacial score (nSPS) is 20.7. The van der Waals surface area contributed by atoms with Crippen molar-refractivity contribution in [2.45, 2.75) is 38.5 Å². The first-order chi connectivity index (χ1) is 10.2. The van der Waals surface area contributed by atoms with Crippen molar-refractivity contribution in [1.29, 1.82) is 0 Å². The standard InChI is InChI=1S/C17H20N2O2/c20-15-5-4-12-10-14(11-13-6-9-19(15)16(12)13)17(21)18-7-2-1-3-8-18/h10-11H,1-9H2. The summed E-state index contributed by atoms with van der Waals surface area (Å²) in [6.07, 6.45) is 5.70. The highest BCUT2D eigenvalue weighted by Crippen LogP contribution is 2.37. The van der Waals surface area contributed by atoms with Gasteiger partial charge in [0.15, 0.2) is 0 Å². The summed E-state index contributed by atoms with van der Waals surface area (Å²) in [6, 6.07) is 4.05. The van der Waals surface area contributed by atoms with E-state index in [1.165, 1.54) is 17.5 Å². The number of anilines is 1. The van der Waals surface area contributed by atoms with Crippen LogP contribution in [0.25, 0.3) is 0 Å². The van der Waals surface area contributed by atoms with E-state index in [2.05, 4.69) is 0 Å². The predicted octanol–water partition coefficient (Wildman–Crippen LogP) is 2.15. The van der Waals surface area contributed by atoms with Gasteiger partial charge in [-0.05, 0) is 55.4 Å². The van der Waals surface area contributed by atoms with E-state index in [0.29, 0.717) is 6.42 Å². The van der Waals surface area contributed by atoms with Crippen molar-refractivity contribution in [3.05, 3.63) is 28.8 Å². The van der Waals surface area contributed by atoms with Gasteiger partial charge in [0.1, 0.15) is 0 Å². The fourth-order valence-corrected chi connectivity index (χ4v) is 3.86. The molecule has 21 heavy (non-hydrogen) atoms. The number of aryl methyl sites for hydroxylation is 1. The summed E-state index contributed by atoms with van der Waals surface area (Å²) in [5, 5.41) is 0. The van der Waals surface area contributed by atoms with Gasteiger partial charge >= 0.3 is 0 Å². The second-order valence-corrected chi connectivity index (χ2v) is 6.29. The molecule has 0 aromatic heterocycles. The van der Waals surface area contributed by atoms with E-state index < -0.39 is 0 Å². The number of amides is 2. The Bertz CT molecular complexity index is 617. The molecular formula is C17H20N2O2. The molecule has 1 fully saturated rings. The molecule has 4 heteroatoms. The van der Waals surface area contributed by atoms with E-state index in [1.54, 1.807) is 0 Å². The van der Waals surface area contributed by atoms with Gasteiger partial charge in [0, 0.05) is 31.6 Å². The van der Waals surface area contributed by atoms with Crippen LogP contribution in [-0.4, -0.2) is 36.3 Å². The van der Waals surface area contributed by atoms with Crippen molar-refractivity contribution < 1.29 is 9.59 Å². The Morgan fingerprint density at radius 2 is 1.62 bits per heavy atom. The lowest BCUT2D eigenvalue weighted by molar-refractivity contribution is -0.118. The zero-order valence-electron chi connectivity index (χ0n) is 12.2. The minimum atomic E-state index is 0.170. The lowest BCUT2D eigenvalue weighted by Crippen LogP contribution is -2.36. The summed E-state index contributed by atoms with van der Waals surface area (Å²) < 4.78 is 0. The van der Waals surface area contributed by atoms with Gasteiger partial charge in [-0.2, -0.15) is 0 Å². The second-order valence-electron chi connectivity index (χ2n) is 6.29. The highest BCUT2D eigenvalue weighted by molar-refractivity contribution is 6.01. The maximum absolute atomic E-state index is 12.7. The van der Waals surface area contributed by atoms with E-state index in [0.717, 1.165) is 56.6 Å². The van der Waals surface area contributed by atoms with Gasteiger partial charge in [-0.25, -0.2) is 0 Å². The number of hydrogen-bond acceptors (Lipinski definition) is 2. The fraction of sp³-hybridized carbons (Fsp3) is 0.529. The van der Waals surface area contributed by atoms with Gasteiger partial charge in [-0.15, -0.1) is 0 Å². The second kappa shape index (κ2) is 4.86. The first-order valence-electron chi connectivity index (χ1n) is 7.99. The van der Waals surface area contributed by atoms with Crippen LogP contribution in [0.2, 0.25) is 0 Å². The molecule has 0 unspecified atom stereocenters. The van der Waals surface area contributed by atoms with Crippen molar-refractivity contribution >= 4 is 17.5 Å². The highest BCUT2D eigenvalue weighted by Gasteiger charge is 2.32. The molecule has 0 bridgehead atoms. The van der Waals surface area contributed by atoms with Crippen LogP contribution in [-0.2, 0) is 17.6 Å². The van der Waals surface area contributed by atoms with Crippen LogP contribution in [0, 0.1) is 0 Å². The number of carbonyl (C=O) groups is 2. The molecule has 2 amide bonds. The molecule has 3 aliphatic rings. The maximum Gasteiger partial charge on any atom is 0.253 e. The summed E-state index contributed by atoms with van der Waals surface area (Å²) in [6.45, 7) is 2.55. The lowest BCUT2D eigenvalue weighted by atomic mass is 9.96. The largest absolute Gasteiger partial charge is 0.339 e. The van der Waals surface area contributed by atoms with Gasteiger partial charge in [-0.1, -0.05) is 0 Å². The average Bonchev–Trinajstić information content (AvgIpc) is 2.96. The summed E-state index contributed by atoms with van der Waals surface area (Å²) in [4.78, 5) is 28.5. The number of rotatable bonds is 1. The molecule has 0 N–H and O–H groups in total. The summed E-state index contributed by atoms with van der Waals surface area (Å²) >= 11 is 0. The average molecular weight is 284 g/mol. The van der Waals surface area contributed by atoms with E-state index in [9.17, 15) is 9.59 Å². The molecule has 0 spiro atoms. The number of hydrogen-bond donors (Lipinski definition) is 0. The zero-order chi connectivity index (χ0) is 14.4. The molecule has 1 aromatic carbocycles. The quantitative estimate of drug-likeness (QED) is 0.793. The Labute approximate surface area is 124 Å². The molecule has 3 heterocycles. The molecule has 0 radical (unpaired) electrons. The van der Waals surface area contributed by atoms with Crippen LogP contribution in [0.4, 0.5) is 5.69 Å². The SMILES string of the molecule is O=C(c1cc2c3c(c1)CCN3C(=O)CC2)N1CCCCC1. The number of benzene rings is 1. The van der Waals surface area contributed by atoms with Crippen LogP contribution >= 0.6 is 0 Å². The van der Waals surface area contributed by atoms with Crippen LogP contribution in [0.5, 0.6) is 0 Å². The lowest BCUT2D eigenvalue weighted by Gasteiger charge is -2.28. The van der Waals surface area contributed by atoms with Gasteiger partial charge < -0.3 is 9.80 Å². The summed E-state index contributed by atoms with van der Waals surface area (Å²) in [5.41, 5.74) is 4.29. The van der Waals surface area contributed by atoms with Crippen molar-refractivity contribution in [2.24, 2.45) is 0 Å². The number of nitrogens with zero attached hydrogens (tertiary/aromatic N) is 2. The fourth-order valence-electron chi connectivity index (χ4n) is 3.86. The van der Waals surface area contributed by atoms with Crippen molar-refractivity contribution in [2.75, 3.05) is 24.5 Å². The smallest absolute Gasteiger partial charge is 0.253 e. The Morgan fingerprint density at radius 1 is 0.905 bits per heavy atom. The van der Waals surface area contributed by atoms with E-state index in [4.69, 9.17) is 0 Å². The van der Waals surface area contributed by atoms with E-state index >= 15 is 0 Å². The van der Waals surface area contributed by atoms with Crippen LogP contribution in [0.15, 0.2) is 12.1 Å². The number of carbonyl (C=O) groups excluding carboxylic acids is 2. The van der Waals surface area contributed by atoms with Gasteiger partial charge in [0.2, 0.25) is 5.91 Å². The van der Waals surface area contributed by atoms with Crippen LogP contribution in [0.1, 0.15) is 47.2 Å². The molecular weight excluding hydrogens is 264 g/mol. The Balaban J connectivity index is 1.69. The van der Waals surface area contributed by atoms with Crippen LogP contribution in [0.3, 0.4) is 0 Å². The molecule has 0 aliphatic carbocycles. The minimum absolute atomic E-state index is 0.170. The predicted molar refractivity (Wildman–Crippen MR) is 80.6 cm³/mol. The Kier molecular flexibility index (Phi) is 2.98. The monoisotopic (exact) mass is 284 g/mol. The topological polar surface area (TPSA) is 40.6 Å². The number of piperidine rings is 1. The van der Waals surface area contributed by atoms with Gasteiger partial charge in [-0.3, -0.25) is 9.59 Å². The van der Waals surface area contributed by atoms with E-state index in [1.807, 2.05) is 21.9 Å². The molecule has 0 saturated carbocycles.